The number of aromatic amines is 1. The van der Waals surface area contributed by atoms with Gasteiger partial charge in [-0.1, -0.05) is 56.3 Å². The molecular weight excluding hydrogens is 374 g/mol. The molecule has 5 nitrogen and oxygen atoms in total. The first-order chi connectivity index (χ1) is 14.5. The summed E-state index contributed by atoms with van der Waals surface area (Å²) in [6.07, 6.45) is 1.38. The van der Waals surface area contributed by atoms with Crippen molar-refractivity contribution in [3.8, 4) is 17.0 Å². The molecule has 0 fully saturated rings. The molecule has 0 saturated heterocycles. The zero-order valence-corrected chi connectivity index (χ0v) is 17.5. The predicted molar refractivity (Wildman–Crippen MR) is 118 cm³/mol. The number of ketones is 1. The molecule has 3 aromatic rings. The van der Waals surface area contributed by atoms with E-state index in [0.29, 0.717) is 6.42 Å². The van der Waals surface area contributed by atoms with Crippen LogP contribution in [0.3, 0.4) is 0 Å². The molecule has 2 aromatic carbocycles. The van der Waals surface area contributed by atoms with Crippen LogP contribution in [0.4, 0.5) is 5.82 Å². The number of nitrogens with one attached hydrogen (secondary N) is 2. The number of H-pyrrole nitrogens is 1. The van der Waals surface area contributed by atoms with Crippen LogP contribution in [0, 0.1) is 5.41 Å². The highest BCUT2D eigenvalue weighted by atomic mass is 16.5. The van der Waals surface area contributed by atoms with Gasteiger partial charge in [0.1, 0.15) is 5.75 Å². The van der Waals surface area contributed by atoms with Crippen LogP contribution in [0.15, 0.2) is 65.9 Å². The van der Waals surface area contributed by atoms with Gasteiger partial charge in [0, 0.05) is 29.2 Å². The van der Waals surface area contributed by atoms with Gasteiger partial charge in [-0.2, -0.15) is 5.10 Å². The van der Waals surface area contributed by atoms with Crippen LogP contribution in [0.2, 0.25) is 0 Å². The lowest BCUT2D eigenvalue weighted by Crippen LogP contribution is -2.33. The average Bonchev–Trinajstić information content (AvgIpc) is 3.15. The average molecular weight is 399 g/mol. The van der Waals surface area contributed by atoms with Crippen molar-refractivity contribution in [1.29, 1.82) is 0 Å². The number of rotatable bonds is 3. The lowest BCUT2D eigenvalue weighted by atomic mass is 9.69. The molecule has 1 aliphatic carbocycles. The summed E-state index contributed by atoms with van der Waals surface area (Å²) in [6, 6.07) is 18.2. The minimum Gasteiger partial charge on any atom is -0.497 e. The zero-order chi connectivity index (χ0) is 20.9. The highest BCUT2D eigenvalue weighted by molar-refractivity contribution is 6.02. The molecule has 1 aliphatic heterocycles. The molecule has 0 radical (unpaired) electrons. The lowest BCUT2D eigenvalue weighted by molar-refractivity contribution is -0.118. The minimum absolute atomic E-state index is 0.0660. The quantitative estimate of drug-likeness (QED) is 0.628. The standard InChI is InChI=1S/C25H25N3O2/c1-25(2)13-18-21(19(29)14-25)20(15-9-11-17(30-3)12-10-15)22-23(27-28-24(22)26-18)16-7-5-4-6-8-16/h4-12,20H,13-14H2,1-3H3,(H2,26,27,28). The summed E-state index contributed by atoms with van der Waals surface area (Å²) in [6.45, 7) is 4.29. The number of carbonyl (C=O) groups excluding carboxylic acids is 1. The third-order valence-corrected chi connectivity index (χ3v) is 6.08. The molecule has 0 amide bonds. The van der Waals surface area contributed by atoms with Crippen LogP contribution >= 0.6 is 0 Å². The molecule has 2 N–H and O–H groups in total. The summed E-state index contributed by atoms with van der Waals surface area (Å²) >= 11 is 0. The van der Waals surface area contributed by atoms with Crippen LogP contribution in [0.25, 0.3) is 11.3 Å². The third-order valence-electron chi connectivity index (χ3n) is 6.08. The summed E-state index contributed by atoms with van der Waals surface area (Å²) in [5.41, 5.74) is 5.89. The van der Waals surface area contributed by atoms with Gasteiger partial charge >= 0.3 is 0 Å². The number of allylic oxidation sites excluding steroid dienone is 2. The molecule has 1 atom stereocenters. The largest absolute Gasteiger partial charge is 0.497 e. The van der Waals surface area contributed by atoms with Crippen molar-refractivity contribution in [2.24, 2.45) is 5.41 Å². The number of methoxy groups -OCH3 is 1. The van der Waals surface area contributed by atoms with Gasteiger partial charge < -0.3 is 10.1 Å². The first-order valence-corrected chi connectivity index (χ1v) is 10.3. The second-order valence-corrected chi connectivity index (χ2v) is 8.89. The first-order valence-electron chi connectivity index (χ1n) is 10.3. The van der Waals surface area contributed by atoms with E-state index in [9.17, 15) is 4.79 Å². The van der Waals surface area contributed by atoms with E-state index in [-0.39, 0.29) is 17.1 Å². The lowest BCUT2D eigenvalue weighted by Gasteiger charge is -2.38. The van der Waals surface area contributed by atoms with Crippen molar-refractivity contribution in [3.05, 3.63) is 77.0 Å². The monoisotopic (exact) mass is 399 g/mol. The van der Waals surface area contributed by atoms with Crippen molar-refractivity contribution in [3.63, 3.8) is 0 Å². The van der Waals surface area contributed by atoms with Gasteiger partial charge in [0.15, 0.2) is 11.6 Å². The van der Waals surface area contributed by atoms with E-state index in [4.69, 9.17) is 4.74 Å². The third kappa shape index (κ3) is 3.02. The number of carbonyl (C=O) groups is 1. The molecule has 0 spiro atoms. The Kier molecular flexibility index (Phi) is 4.28. The number of anilines is 1. The van der Waals surface area contributed by atoms with Crippen molar-refractivity contribution in [2.45, 2.75) is 32.6 Å². The van der Waals surface area contributed by atoms with Gasteiger partial charge in [-0.25, -0.2) is 0 Å². The number of nitrogens with zero attached hydrogens (tertiary/aromatic N) is 1. The van der Waals surface area contributed by atoms with Gasteiger partial charge in [0.25, 0.3) is 0 Å². The number of ether oxygens (including phenoxy) is 1. The fraction of sp³-hybridized carbons (Fsp3) is 0.280. The van der Waals surface area contributed by atoms with Gasteiger partial charge in [-0.3, -0.25) is 9.89 Å². The molecule has 2 heterocycles. The van der Waals surface area contributed by atoms with E-state index in [1.165, 1.54) is 0 Å². The second kappa shape index (κ2) is 6.87. The SMILES string of the molecule is COc1ccc(C2C3=C(CC(C)(C)CC3=O)Nc3n[nH]c(-c4ccccc4)c32)cc1. The van der Waals surface area contributed by atoms with Crippen LogP contribution in [0.1, 0.15) is 43.7 Å². The second-order valence-electron chi connectivity index (χ2n) is 8.89. The summed E-state index contributed by atoms with van der Waals surface area (Å²) in [7, 11) is 1.66. The number of aromatic nitrogens is 2. The van der Waals surface area contributed by atoms with Gasteiger partial charge in [-0.15, -0.1) is 0 Å². The Balaban J connectivity index is 1.72. The van der Waals surface area contributed by atoms with Crippen molar-refractivity contribution >= 4 is 11.6 Å². The van der Waals surface area contributed by atoms with Crippen LogP contribution < -0.4 is 10.1 Å². The predicted octanol–water partition coefficient (Wildman–Crippen LogP) is 5.29. The van der Waals surface area contributed by atoms with Crippen LogP contribution in [-0.2, 0) is 4.79 Å². The smallest absolute Gasteiger partial charge is 0.162 e. The fourth-order valence-corrected chi connectivity index (χ4v) is 4.75. The molecule has 5 heteroatoms. The minimum atomic E-state index is -0.167. The molecule has 0 saturated carbocycles. The Hall–Kier alpha value is -3.34. The highest BCUT2D eigenvalue weighted by Crippen LogP contribution is 2.50. The molecule has 2 aliphatic rings. The number of Topliss-reactive ketones (excluding diaryl/α,β-unsaturated/α-hetero) is 1. The normalized spacial score (nSPS) is 19.7. The molecule has 5 rings (SSSR count). The molecule has 30 heavy (non-hydrogen) atoms. The first kappa shape index (κ1) is 18.7. The number of benzene rings is 2. The molecule has 1 unspecified atom stereocenters. The van der Waals surface area contributed by atoms with E-state index in [1.807, 2.05) is 30.3 Å². The van der Waals surface area contributed by atoms with Crippen molar-refractivity contribution < 1.29 is 9.53 Å². The zero-order valence-electron chi connectivity index (χ0n) is 17.5. The Morgan fingerprint density at radius 2 is 1.77 bits per heavy atom. The van der Waals surface area contributed by atoms with Crippen LogP contribution in [-0.4, -0.2) is 23.1 Å². The van der Waals surface area contributed by atoms with E-state index in [1.54, 1.807) is 7.11 Å². The van der Waals surface area contributed by atoms with Crippen molar-refractivity contribution in [2.75, 3.05) is 12.4 Å². The number of fused-ring (bicyclic) bond motifs is 1. The maximum Gasteiger partial charge on any atom is 0.162 e. The summed E-state index contributed by atoms with van der Waals surface area (Å²) in [5.74, 6) is 1.65. The fourth-order valence-electron chi connectivity index (χ4n) is 4.75. The Bertz CT molecular complexity index is 1140. The maximum atomic E-state index is 13.4. The van der Waals surface area contributed by atoms with E-state index >= 15 is 0 Å². The van der Waals surface area contributed by atoms with E-state index < -0.39 is 0 Å². The number of hydrogen-bond donors (Lipinski definition) is 2. The van der Waals surface area contributed by atoms with Gasteiger partial charge in [-0.05, 0) is 35.1 Å². The maximum absolute atomic E-state index is 13.4. The number of hydrogen-bond acceptors (Lipinski definition) is 4. The Morgan fingerprint density at radius 1 is 1.03 bits per heavy atom. The summed E-state index contributed by atoms with van der Waals surface area (Å²) in [4.78, 5) is 13.4. The molecular formula is C25H25N3O2. The molecule has 1 aromatic heterocycles. The highest BCUT2D eigenvalue weighted by Gasteiger charge is 2.42. The Morgan fingerprint density at radius 3 is 2.47 bits per heavy atom. The summed E-state index contributed by atoms with van der Waals surface area (Å²) in [5, 5.41) is 11.3. The molecule has 152 valence electrons. The van der Waals surface area contributed by atoms with E-state index in [0.717, 1.165) is 51.6 Å². The van der Waals surface area contributed by atoms with Gasteiger partial charge in [0.05, 0.1) is 12.8 Å². The molecule has 0 bridgehead atoms. The van der Waals surface area contributed by atoms with Crippen LogP contribution in [0.5, 0.6) is 5.75 Å². The van der Waals surface area contributed by atoms with Gasteiger partial charge in [0.2, 0.25) is 0 Å². The van der Waals surface area contributed by atoms with E-state index in [2.05, 4.69) is 53.6 Å². The summed E-state index contributed by atoms with van der Waals surface area (Å²) < 4.78 is 5.35. The Labute approximate surface area is 176 Å². The van der Waals surface area contributed by atoms with Crippen molar-refractivity contribution in [1.82, 2.24) is 10.2 Å². The topological polar surface area (TPSA) is 67.0 Å².